The zero-order valence-electron chi connectivity index (χ0n) is 20.8. The Bertz CT molecular complexity index is 1400. The summed E-state index contributed by atoms with van der Waals surface area (Å²) < 4.78 is 30.5. The maximum atomic E-state index is 13.6. The van der Waals surface area contributed by atoms with Gasteiger partial charge in [0.15, 0.2) is 15.9 Å². The van der Waals surface area contributed by atoms with Crippen LogP contribution in [-0.4, -0.2) is 42.9 Å². The number of halogens is 3. The molecular weight excluding hydrogens is 553 g/mol. The number of aryl methyl sites for hydroxylation is 2. The Labute approximate surface area is 233 Å². The number of ether oxygens (including phenoxy) is 1. The molecular formula is C28H28Cl3NO4S. The molecule has 3 aromatic carbocycles. The normalized spacial score (nSPS) is 17.4. The van der Waals surface area contributed by atoms with E-state index in [-0.39, 0.29) is 24.0 Å². The smallest absolute Gasteiger partial charge is 0.263 e. The van der Waals surface area contributed by atoms with Gasteiger partial charge in [0.05, 0.1) is 11.5 Å². The first-order valence-corrected chi connectivity index (χ1v) is 14.9. The highest BCUT2D eigenvalue weighted by Gasteiger charge is 2.36. The van der Waals surface area contributed by atoms with Crippen molar-refractivity contribution in [2.45, 2.75) is 45.9 Å². The topological polar surface area (TPSA) is 63.7 Å². The maximum absolute atomic E-state index is 13.6. The zero-order chi connectivity index (χ0) is 26.9. The molecule has 1 aliphatic rings. The molecule has 0 bridgehead atoms. The van der Waals surface area contributed by atoms with E-state index >= 15 is 0 Å². The lowest BCUT2D eigenvalue weighted by Gasteiger charge is -2.31. The van der Waals surface area contributed by atoms with Crippen LogP contribution in [0.5, 0.6) is 5.75 Å². The molecule has 37 heavy (non-hydrogen) atoms. The van der Waals surface area contributed by atoms with E-state index in [2.05, 4.69) is 0 Å². The Balaban J connectivity index is 1.56. The first kappa shape index (κ1) is 27.8. The Kier molecular flexibility index (Phi) is 8.44. The third-order valence-electron chi connectivity index (χ3n) is 6.55. The molecule has 1 saturated heterocycles. The molecule has 1 heterocycles. The highest BCUT2D eigenvalue weighted by atomic mass is 35.5. The van der Waals surface area contributed by atoms with Gasteiger partial charge in [0.2, 0.25) is 0 Å². The molecule has 0 N–H and O–H groups in total. The van der Waals surface area contributed by atoms with Crippen LogP contribution in [0.15, 0.2) is 54.6 Å². The van der Waals surface area contributed by atoms with Crippen molar-refractivity contribution in [2.24, 2.45) is 0 Å². The van der Waals surface area contributed by atoms with Crippen LogP contribution < -0.4 is 4.74 Å². The Morgan fingerprint density at radius 2 is 1.68 bits per heavy atom. The second-order valence-corrected chi connectivity index (χ2v) is 12.9. The van der Waals surface area contributed by atoms with Gasteiger partial charge in [0.1, 0.15) is 5.75 Å². The molecule has 0 saturated carbocycles. The maximum Gasteiger partial charge on any atom is 0.263 e. The van der Waals surface area contributed by atoms with Gasteiger partial charge in [-0.25, -0.2) is 8.42 Å². The molecule has 0 spiro atoms. The van der Waals surface area contributed by atoms with Crippen LogP contribution >= 0.6 is 34.8 Å². The number of amides is 1. The van der Waals surface area contributed by atoms with E-state index < -0.39 is 22.0 Å². The number of nitrogens with zero attached hydrogens (tertiary/aromatic N) is 1. The lowest BCUT2D eigenvalue weighted by molar-refractivity contribution is -0.140. The molecule has 2 atom stereocenters. The molecule has 0 radical (unpaired) electrons. The fourth-order valence-corrected chi connectivity index (χ4v) is 6.94. The number of hydrogen-bond donors (Lipinski definition) is 0. The number of sulfone groups is 1. The van der Waals surface area contributed by atoms with Crippen LogP contribution in [0.4, 0.5) is 0 Å². The van der Waals surface area contributed by atoms with E-state index in [9.17, 15) is 13.2 Å². The van der Waals surface area contributed by atoms with Crippen molar-refractivity contribution in [1.29, 1.82) is 0 Å². The Morgan fingerprint density at radius 1 is 1.03 bits per heavy atom. The van der Waals surface area contributed by atoms with Crippen molar-refractivity contribution in [1.82, 2.24) is 4.90 Å². The van der Waals surface area contributed by atoms with Crippen LogP contribution in [-0.2, 0) is 21.2 Å². The van der Waals surface area contributed by atoms with Gasteiger partial charge < -0.3 is 9.64 Å². The monoisotopic (exact) mass is 579 g/mol. The molecule has 0 aromatic heterocycles. The number of rotatable bonds is 7. The summed E-state index contributed by atoms with van der Waals surface area (Å²) >= 11 is 18.6. The molecule has 3 aromatic rings. The van der Waals surface area contributed by atoms with Crippen molar-refractivity contribution < 1.29 is 17.9 Å². The van der Waals surface area contributed by atoms with E-state index in [4.69, 9.17) is 39.5 Å². The van der Waals surface area contributed by atoms with E-state index in [0.29, 0.717) is 27.2 Å². The van der Waals surface area contributed by atoms with Gasteiger partial charge in [-0.1, -0.05) is 65.1 Å². The first-order valence-electron chi connectivity index (χ1n) is 11.9. The van der Waals surface area contributed by atoms with Crippen molar-refractivity contribution in [2.75, 3.05) is 11.5 Å². The van der Waals surface area contributed by atoms with Crippen molar-refractivity contribution in [3.8, 4) is 16.9 Å². The van der Waals surface area contributed by atoms with Gasteiger partial charge in [-0.2, -0.15) is 0 Å². The quantitative estimate of drug-likeness (QED) is 0.304. The highest BCUT2D eigenvalue weighted by molar-refractivity contribution is 7.91. The van der Waals surface area contributed by atoms with Gasteiger partial charge in [-0.05, 0) is 73.7 Å². The summed E-state index contributed by atoms with van der Waals surface area (Å²) in [7, 11) is -3.19. The van der Waals surface area contributed by atoms with E-state index in [1.807, 2.05) is 44.2 Å². The standard InChI is InChI=1S/C28H28Cl3NO4S/c1-17-12-24(13-18(2)27(17)31)36-19(3)28(33)32(23-10-11-37(34,35)16-23)15-20-4-6-21(7-5-20)25-9-8-22(29)14-26(25)30/h4-9,12-14,19,23H,10-11,15-16H2,1-3H3. The van der Waals surface area contributed by atoms with Crippen LogP contribution in [0, 0.1) is 13.8 Å². The summed E-state index contributed by atoms with van der Waals surface area (Å²) in [6.07, 6.45) is -0.409. The van der Waals surface area contributed by atoms with Gasteiger partial charge in [-0.15, -0.1) is 0 Å². The lowest BCUT2D eigenvalue weighted by atomic mass is 10.0. The summed E-state index contributed by atoms with van der Waals surface area (Å²) in [4.78, 5) is 15.2. The number of benzene rings is 3. The molecule has 4 rings (SSSR count). The van der Waals surface area contributed by atoms with E-state index in [0.717, 1.165) is 27.8 Å². The number of carbonyl (C=O) groups is 1. The Hall–Kier alpha value is -2.25. The average Bonchev–Trinajstić information content (AvgIpc) is 3.20. The summed E-state index contributed by atoms with van der Waals surface area (Å²) in [6.45, 7) is 5.71. The van der Waals surface area contributed by atoms with Gasteiger partial charge in [0.25, 0.3) is 5.91 Å². The third kappa shape index (κ3) is 6.61. The fraction of sp³-hybridized carbons (Fsp3) is 0.321. The van der Waals surface area contributed by atoms with Crippen LogP contribution in [0.25, 0.3) is 11.1 Å². The van der Waals surface area contributed by atoms with Gasteiger partial charge >= 0.3 is 0 Å². The average molecular weight is 581 g/mol. The fourth-order valence-electron chi connectivity index (χ4n) is 4.58. The zero-order valence-corrected chi connectivity index (χ0v) is 23.9. The van der Waals surface area contributed by atoms with Crippen molar-refractivity contribution >= 4 is 50.5 Å². The molecule has 196 valence electrons. The van der Waals surface area contributed by atoms with Crippen LogP contribution in [0.3, 0.4) is 0 Å². The minimum absolute atomic E-state index is 0.0525. The summed E-state index contributed by atoms with van der Waals surface area (Å²) in [6, 6.07) is 16.2. The summed E-state index contributed by atoms with van der Waals surface area (Å²) in [5.41, 5.74) is 4.35. The van der Waals surface area contributed by atoms with Crippen molar-refractivity contribution in [3.63, 3.8) is 0 Å². The summed E-state index contributed by atoms with van der Waals surface area (Å²) in [5.74, 6) is 0.296. The minimum Gasteiger partial charge on any atom is -0.481 e. The lowest BCUT2D eigenvalue weighted by Crippen LogP contribution is -2.46. The number of carbonyl (C=O) groups excluding carboxylic acids is 1. The second kappa shape index (κ2) is 11.2. The molecule has 1 amide bonds. The van der Waals surface area contributed by atoms with Gasteiger partial charge in [0, 0.05) is 33.2 Å². The van der Waals surface area contributed by atoms with Crippen molar-refractivity contribution in [3.05, 3.63) is 86.4 Å². The molecule has 5 nitrogen and oxygen atoms in total. The molecule has 9 heteroatoms. The second-order valence-electron chi connectivity index (χ2n) is 9.48. The molecule has 1 aliphatic heterocycles. The van der Waals surface area contributed by atoms with Crippen LogP contribution in [0.1, 0.15) is 30.0 Å². The van der Waals surface area contributed by atoms with E-state index in [1.54, 1.807) is 36.1 Å². The predicted octanol–water partition coefficient (Wildman–Crippen LogP) is 6.91. The largest absolute Gasteiger partial charge is 0.481 e. The van der Waals surface area contributed by atoms with Crippen LogP contribution in [0.2, 0.25) is 15.1 Å². The Morgan fingerprint density at radius 3 is 2.24 bits per heavy atom. The van der Waals surface area contributed by atoms with Gasteiger partial charge in [-0.3, -0.25) is 4.79 Å². The molecule has 2 unspecified atom stereocenters. The van der Waals surface area contributed by atoms with E-state index in [1.165, 1.54) is 0 Å². The SMILES string of the molecule is Cc1cc(OC(C)C(=O)N(Cc2ccc(-c3ccc(Cl)cc3Cl)cc2)C2CCS(=O)(=O)C2)cc(C)c1Cl. The highest BCUT2D eigenvalue weighted by Crippen LogP contribution is 2.31. The predicted molar refractivity (Wildman–Crippen MR) is 151 cm³/mol. The summed E-state index contributed by atoms with van der Waals surface area (Å²) in [5, 5.41) is 1.77. The third-order valence-corrected chi connectivity index (χ3v) is 9.45. The first-order chi connectivity index (χ1) is 17.4. The number of hydrogen-bond acceptors (Lipinski definition) is 4. The molecule has 0 aliphatic carbocycles. The minimum atomic E-state index is -3.19. The molecule has 1 fully saturated rings.